The second kappa shape index (κ2) is 6.72. The fourth-order valence-electron chi connectivity index (χ4n) is 3.17. The van der Waals surface area contributed by atoms with Gasteiger partial charge in [-0.1, -0.05) is 19.9 Å². The summed E-state index contributed by atoms with van der Waals surface area (Å²) >= 11 is 0. The Balaban J connectivity index is 1.64. The molecule has 0 aliphatic heterocycles. The van der Waals surface area contributed by atoms with Gasteiger partial charge in [0.15, 0.2) is 0 Å². The second-order valence-electron chi connectivity index (χ2n) is 7.22. The van der Waals surface area contributed by atoms with E-state index in [1.165, 1.54) is 0 Å². The molecule has 136 valence electrons. The van der Waals surface area contributed by atoms with Crippen LogP contribution in [0.4, 0.5) is 0 Å². The van der Waals surface area contributed by atoms with E-state index in [0.717, 1.165) is 40.1 Å². The highest BCUT2D eigenvalue weighted by Crippen LogP contribution is 2.27. The molecule has 0 bridgehead atoms. The van der Waals surface area contributed by atoms with Crippen molar-refractivity contribution in [3.63, 3.8) is 0 Å². The molecule has 0 unspecified atom stereocenters. The van der Waals surface area contributed by atoms with Gasteiger partial charge in [0.2, 0.25) is 6.41 Å². The SMILES string of the molecule is CC(C)(CNC=O)c1ccc2[nH]c(-c3ccc(-n4ccnc4)cc3)nc2c1. The molecule has 1 amide bonds. The number of nitrogens with zero attached hydrogens (tertiary/aromatic N) is 3. The van der Waals surface area contributed by atoms with Crippen molar-refractivity contribution in [3.05, 3.63) is 66.7 Å². The number of H-pyrrole nitrogens is 1. The number of nitrogens with one attached hydrogen (secondary N) is 2. The van der Waals surface area contributed by atoms with Crippen LogP contribution >= 0.6 is 0 Å². The average Bonchev–Trinajstić information content (AvgIpc) is 3.35. The monoisotopic (exact) mass is 359 g/mol. The van der Waals surface area contributed by atoms with Gasteiger partial charge in [0.25, 0.3) is 0 Å². The first-order chi connectivity index (χ1) is 13.1. The van der Waals surface area contributed by atoms with Gasteiger partial charge in [0.05, 0.1) is 17.4 Å². The van der Waals surface area contributed by atoms with Crippen molar-refractivity contribution in [2.24, 2.45) is 0 Å². The molecule has 27 heavy (non-hydrogen) atoms. The molecule has 0 spiro atoms. The van der Waals surface area contributed by atoms with Crippen LogP contribution in [0.3, 0.4) is 0 Å². The molecule has 0 saturated carbocycles. The summed E-state index contributed by atoms with van der Waals surface area (Å²) in [5.41, 5.74) is 4.96. The van der Waals surface area contributed by atoms with Crippen molar-refractivity contribution in [3.8, 4) is 17.1 Å². The average molecular weight is 359 g/mol. The standard InChI is InChI=1S/C21H21N5O/c1-21(2,12-23-14-27)16-5-8-18-19(11-16)25-20(24-18)15-3-6-17(7-4-15)26-10-9-22-13-26/h3-11,13-14H,12H2,1-2H3,(H,23,27)(H,24,25). The molecule has 6 heteroatoms. The minimum Gasteiger partial charge on any atom is -0.358 e. The lowest BCUT2D eigenvalue weighted by molar-refractivity contribution is -0.109. The highest BCUT2D eigenvalue weighted by molar-refractivity contribution is 5.80. The Morgan fingerprint density at radius 2 is 2.00 bits per heavy atom. The first-order valence-electron chi connectivity index (χ1n) is 8.83. The molecule has 0 saturated heterocycles. The van der Waals surface area contributed by atoms with E-state index in [2.05, 4.69) is 41.3 Å². The minimum atomic E-state index is -0.166. The Morgan fingerprint density at radius 1 is 1.19 bits per heavy atom. The Bertz CT molecular complexity index is 1060. The molecule has 0 aliphatic carbocycles. The van der Waals surface area contributed by atoms with Crippen LogP contribution in [0.25, 0.3) is 28.1 Å². The zero-order valence-corrected chi connectivity index (χ0v) is 15.3. The van der Waals surface area contributed by atoms with Gasteiger partial charge in [-0.2, -0.15) is 0 Å². The third-order valence-corrected chi connectivity index (χ3v) is 4.84. The van der Waals surface area contributed by atoms with E-state index in [1.807, 2.05) is 41.1 Å². The number of hydrogen-bond donors (Lipinski definition) is 2. The summed E-state index contributed by atoms with van der Waals surface area (Å²) in [6, 6.07) is 14.4. The van der Waals surface area contributed by atoms with E-state index < -0.39 is 0 Å². The van der Waals surface area contributed by atoms with Crippen LogP contribution in [0.1, 0.15) is 19.4 Å². The van der Waals surface area contributed by atoms with Gasteiger partial charge in [0.1, 0.15) is 5.82 Å². The van der Waals surface area contributed by atoms with Crippen LogP contribution in [-0.4, -0.2) is 32.5 Å². The van der Waals surface area contributed by atoms with Crippen molar-refractivity contribution < 1.29 is 4.79 Å². The van der Waals surface area contributed by atoms with Crippen molar-refractivity contribution in [1.82, 2.24) is 24.8 Å². The summed E-state index contributed by atoms with van der Waals surface area (Å²) in [5.74, 6) is 0.836. The number of carbonyl (C=O) groups excluding carboxylic acids is 1. The second-order valence-corrected chi connectivity index (χ2v) is 7.22. The molecule has 0 aliphatic rings. The van der Waals surface area contributed by atoms with Crippen molar-refractivity contribution in [1.29, 1.82) is 0 Å². The summed E-state index contributed by atoms with van der Waals surface area (Å²) in [6.45, 7) is 4.79. The molecule has 6 nitrogen and oxygen atoms in total. The maximum Gasteiger partial charge on any atom is 0.207 e. The number of carbonyl (C=O) groups is 1. The topological polar surface area (TPSA) is 75.6 Å². The van der Waals surface area contributed by atoms with Crippen molar-refractivity contribution >= 4 is 17.4 Å². The van der Waals surface area contributed by atoms with Crippen LogP contribution in [0.5, 0.6) is 0 Å². The Kier molecular flexibility index (Phi) is 4.24. The predicted molar refractivity (Wildman–Crippen MR) is 106 cm³/mol. The maximum absolute atomic E-state index is 10.6. The molecule has 0 radical (unpaired) electrons. The summed E-state index contributed by atoms with van der Waals surface area (Å²) in [7, 11) is 0. The third-order valence-electron chi connectivity index (χ3n) is 4.84. The van der Waals surface area contributed by atoms with E-state index in [4.69, 9.17) is 4.98 Å². The molecule has 4 aromatic rings. The Hall–Kier alpha value is -3.41. The van der Waals surface area contributed by atoms with Gasteiger partial charge in [0, 0.05) is 35.6 Å². The maximum atomic E-state index is 10.6. The third kappa shape index (κ3) is 3.33. The fraction of sp³-hybridized carbons (Fsp3) is 0.190. The van der Waals surface area contributed by atoms with Crippen LogP contribution in [0.2, 0.25) is 0 Å². The lowest BCUT2D eigenvalue weighted by Crippen LogP contribution is -2.32. The van der Waals surface area contributed by atoms with Crippen LogP contribution in [0, 0.1) is 0 Å². The first-order valence-corrected chi connectivity index (χ1v) is 8.83. The van der Waals surface area contributed by atoms with Gasteiger partial charge >= 0.3 is 0 Å². The van der Waals surface area contributed by atoms with Gasteiger partial charge < -0.3 is 14.9 Å². The van der Waals surface area contributed by atoms with Crippen LogP contribution in [-0.2, 0) is 10.2 Å². The van der Waals surface area contributed by atoms with Crippen molar-refractivity contribution in [2.45, 2.75) is 19.3 Å². The molecule has 2 aromatic heterocycles. The molecule has 4 rings (SSSR count). The predicted octanol–water partition coefficient (Wildman–Crippen LogP) is 3.44. The molecular formula is C21H21N5O. The molecule has 2 N–H and O–H groups in total. The first kappa shape index (κ1) is 17.0. The summed E-state index contributed by atoms with van der Waals surface area (Å²) in [5, 5.41) is 2.77. The number of fused-ring (bicyclic) bond motifs is 1. The number of benzene rings is 2. The number of amides is 1. The van der Waals surface area contributed by atoms with E-state index in [1.54, 1.807) is 12.5 Å². The van der Waals surface area contributed by atoms with Gasteiger partial charge in [-0.05, 0) is 42.0 Å². The van der Waals surface area contributed by atoms with Crippen LogP contribution < -0.4 is 5.32 Å². The lowest BCUT2D eigenvalue weighted by atomic mass is 9.84. The normalized spacial score (nSPS) is 11.6. The highest BCUT2D eigenvalue weighted by atomic mass is 16.1. The van der Waals surface area contributed by atoms with E-state index in [-0.39, 0.29) is 5.41 Å². The summed E-state index contributed by atoms with van der Waals surface area (Å²) in [4.78, 5) is 22.8. The zero-order chi connectivity index (χ0) is 18.9. The molecule has 0 atom stereocenters. The lowest BCUT2D eigenvalue weighted by Gasteiger charge is -2.24. The van der Waals surface area contributed by atoms with Gasteiger partial charge in [-0.15, -0.1) is 0 Å². The van der Waals surface area contributed by atoms with E-state index >= 15 is 0 Å². The minimum absolute atomic E-state index is 0.166. The number of hydrogen-bond acceptors (Lipinski definition) is 3. The molecular weight excluding hydrogens is 338 g/mol. The molecule has 2 heterocycles. The van der Waals surface area contributed by atoms with E-state index in [0.29, 0.717) is 6.54 Å². The summed E-state index contributed by atoms with van der Waals surface area (Å²) < 4.78 is 1.96. The van der Waals surface area contributed by atoms with Gasteiger partial charge in [-0.25, -0.2) is 9.97 Å². The highest BCUT2D eigenvalue weighted by Gasteiger charge is 2.21. The van der Waals surface area contributed by atoms with Crippen LogP contribution in [0.15, 0.2) is 61.2 Å². The summed E-state index contributed by atoms with van der Waals surface area (Å²) in [6.07, 6.45) is 6.19. The number of rotatable bonds is 6. The van der Waals surface area contributed by atoms with E-state index in [9.17, 15) is 4.79 Å². The Morgan fingerprint density at radius 3 is 2.70 bits per heavy atom. The fourth-order valence-corrected chi connectivity index (χ4v) is 3.17. The number of imidazole rings is 2. The number of aromatic amines is 1. The molecule has 2 aromatic carbocycles. The molecule has 0 fully saturated rings. The number of aromatic nitrogens is 4. The largest absolute Gasteiger partial charge is 0.358 e. The van der Waals surface area contributed by atoms with Gasteiger partial charge in [-0.3, -0.25) is 4.79 Å². The Labute approximate surface area is 157 Å². The van der Waals surface area contributed by atoms with Crippen molar-refractivity contribution in [2.75, 3.05) is 6.54 Å². The smallest absolute Gasteiger partial charge is 0.207 e. The zero-order valence-electron chi connectivity index (χ0n) is 15.3. The quantitative estimate of drug-likeness (QED) is 0.518.